The van der Waals surface area contributed by atoms with Gasteiger partial charge in [-0.2, -0.15) is 0 Å². The van der Waals surface area contributed by atoms with E-state index in [4.69, 9.17) is 0 Å². The summed E-state index contributed by atoms with van der Waals surface area (Å²) in [6.45, 7) is 17.2. The van der Waals surface area contributed by atoms with Crippen LogP contribution in [0.3, 0.4) is 0 Å². The Bertz CT molecular complexity index is 196. The summed E-state index contributed by atoms with van der Waals surface area (Å²) in [7, 11) is 0. The molecule has 0 aliphatic heterocycles. The van der Waals surface area contributed by atoms with Gasteiger partial charge >= 0.3 is 90.4 Å². The van der Waals surface area contributed by atoms with Crippen molar-refractivity contribution in [2.75, 3.05) is 0 Å². The van der Waals surface area contributed by atoms with Gasteiger partial charge in [0, 0.05) is 0 Å². The Morgan fingerprint density at radius 1 is 0.571 bits per heavy atom. The average Bonchev–Trinajstić information content (AvgIpc) is 2.00. The van der Waals surface area contributed by atoms with Crippen LogP contribution in [0.4, 0.5) is 0 Å². The second-order valence-electron chi connectivity index (χ2n) is 5.69. The monoisotopic (exact) mass is 239 g/mol. The van der Waals surface area contributed by atoms with Gasteiger partial charge in [0.25, 0.3) is 0 Å². The van der Waals surface area contributed by atoms with Gasteiger partial charge in [0.05, 0.1) is 0 Å². The molecular weight excluding hydrogens is 211 g/mol. The van der Waals surface area contributed by atoms with E-state index in [1.165, 1.54) is 0 Å². The molecule has 0 amide bonds. The summed E-state index contributed by atoms with van der Waals surface area (Å²) in [5, 5.41) is 0. The maximum absolute atomic E-state index is 13.7. The molecule has 0 saturated heterocycles. The van der Waals surface area contributed by atoms with Gasteiger partial charge in [0.1, 0.15) is 0 Å². The third-order valence-corrected chi connectivity index (χ3v) is 18.2. The van der Waals surface area contributed by atoms with Gasteiger partial charge < -0.3 is 0 Å². The van der Waals surface area contributed by atoms with Crippen LogP contribution in [0.25, 0.3) is 0 Å². The van der Waals surface area contributed by atoms with Crippen LogP contribution in [-0.4, -0.2) is 0 Å². The molecule has 1 nitrogen and oxygen atoms in total. The number of hydrogen-bond acceptors (Lipinski definition) is 1. The van der Waals surface area contributed by atoms with E-state index in [-0.39, 0.29) is 0 Å². The van der Waals surface area contributed by atoms with Crippen LogP contribution < -0.4 is 0 Å². The predicted octanol–water partition coefficient (Wildman–Crippen LogP) is 5.33. The van der Waals surface area contributed by atoms with E-state index in [1.807, 2.05) is 0 Å². The van der Waals surface area contributed by atoms with E-state index < -0.39 is 12.8 Å². The number of hydrogen-bond donors (Lipinski definition) is 0. The molecule has 0 aromatic heterocycles. The molecule has 2 heteroatoms. The van der Waals surface area contributed by atoms with E-state index >= 15 is 0 Å². The molecular formula is C12H28OV. The molecule has 0 radical (unpaired) electrons. The Labute approximate surface area is 90.6 Å². The van der Waals surface area contributed by atoms with E-state index in [0.29, 0.717) is 18.5 Å². The third-order valence-electron chi connectivity index (χ3n) is 4.42. The van der Waals surface area contributed by atoms with Crippen molar-refractivity contribution in [2.45, 2.75) is 73.9 Å². The molecule has 14 heavy (non-hydrogen) atoms. The van der Waals surface area contributed by atoms with Gasteiger partial charge in [-0.05, 0) is 0 Å². The van der Waals surface area contributed by atoms with E-state index in [0.717, 1.165) is 0 Å². The van der Waals surface area contributed by atoms with Crippen molar-refractivity contribution in [3.8, 4) is 0 Å². The first kappa shape index (κ1) is 14.4. The van der Waals surface area contributed by atoms with Gasteiger partial charge in [-0.1, -0.05) is 0 Å². The first-order valence-corrected chi connectivity index (χ1v) is 9.63. The van der Waals surface area contributed by atoms with Gasteiger partial charge in [0.2, 0.25) is 0 Å². The van der Waals surface area contributed by atoms with Crippen molar-refractivity contribution in [3.63, 3.8) is 0 Å². The fourth-order valence-corrected chi connectivity index (χ4v) is 14.8. The zero-order valence-corrected chi connectivity index (χ0v) is 12.6. The summed E-state index contributed by atoms with van der Waals surface area (Å²) < 4.78 is 15.0. The van der Waals surface area contributed by atoms with E-state index in [2.05, 4.69) is 55.4 Å². The van der Waals surface area contributed by atoms with Gasteiger partial charge in [0.15, 0.2) is 0 Å². The first-order valence-electron chi connectivity index (χ1n) is 5.83. The molecule has 0 N–H and O–H groups in total. The quantitative estimate of drug-likeness (QED) is 0.647. The zero-order chi connectivity index (χ0) is 11.8. The Kier molecular flexibility index (Phi) is 4.21. The molecule has 0 rings (SSSR count). The number of rotatable bonds is 4. The maximum atomic E-state index is 13.7. The average molecular weight is 239 g/mol. The van der Waals surface area contributed by atoms with Crippen LogP contribution in [0.1, 0.15) is 55.4 Å². The van der Waals surface area contributed by atoms with Crippen LogP contribution in [-0.2, 0) is 16.5 Å². The van der Waals surface area contributed by atoms with Crippen molar-refractivity contribution >= 4 is 0 Å². The SMILES string of the molecule is C[CH](C)[V](=[O])([CH](C)C)([CH](C)C)[CH](C)C. The van der Waals surface area contributed by atoms with Crippen LogP contribution in [0.5, 0.6) is 0 Å². The molecule has 0 aliphatic carbocycles. The van der Waals surface area contributed by atoms with Crippen molar-refractivity contribution < 1.29 is 16.5 Å². The molecule has 0 aromatic carbocycles. The normalized spacial score (nSPS) is 16.7. The van der Waals surface area contributed by atoms with Crippen LogP contribution in [0.2, 0.25) is 18.5 Å². The molecule has 0 atom stereocenters. The molecule has 0 fully saturated rings. The van der Waals surface area contributed by atoms with Crippen LogP contribution >= 0.6 is 0 Å². The standard InChI is InChI=1S/4C3H7.O.V/c4*1-3-2;;/h4*3H,1-2H3;;. The van der Waals surface area contributed by atoms with Crippen LogP contribution in [0.15, 0.2) is 0 Å². The molecule has 0 aliphatic rings. The van der Waals surface area contributed by atoms with Gasteiger partial charge in [-0.25, -0.2) is 0 Å². The topological polar surface area (TPSA) is 17.1 Å². The summed E-state index contributed by atoms with van der Waals surface area (Å²) in [5.41, 5.74) is 0. The minimum atomic E-state index is -3.45. The third kappa shape index (κ3) is 1.53. The predicted molar refractivity (Wildman–Crippen MR) is 61.1 cm³/mol. The molecule has 0 unspecified atom stereocenters. The molecule has 87 valence electrons. The molecule has 0 spiro atoms. The molecule has 0 saturated carbocycles. The Hall–Kier alpha value is 0.384. The molecule has 0 aromatic rings. The van der Waals surface area contributed by atoms with Crippen molar-refractivity contribution in [2.24, 2.45) is 0 Å². The summed E-state index contributed by atoms with van der Waals surface area (Å²) in [6.07, 6.45) is 0. The molecule has 0 heterocycles. The van der Waals surface area contributed by atoms with Gasteiger partial charge in [-0.3, -0.25) is 0 Å². The Morgan fingerprint density at radius 3 is 0.714 bits per heavy atom. The Morgan fingerprint density at radius 2 is 0.714 bits per heavy atom. The van der Waals surface area contributed by atoms with E-state index in [1.54, 1.807) is 0 Å². The van der Waals surface area contributed by atoms with Crippen molar-refractivity contribution in [3.05, 3.63) is 0 Å². The summed E-state index contributed by atoms with van der Waals surface area (Å²) in [5.74, 6) is 0. The van der Waals surface area contributed by atoms with Crippen molar-refractivity contribution in [1.29, 1.82) is 0 Å². The minimum absolute atomic E-state index is 0.341. The fourth-order valence-electron chi connectivity index (χ4n) is 3.58. The Balaban J connectivity index is 5.77. The zero-order valence-electron chi connectivity index (χ0n) is 11.2. The van der Waals surface area contributed by atoms with Crippen molar-refractivity contribution in [1.82, 2.24) is 0 Å². The van der Waals surface area contributed by atoms with Gasteiger partial charge in [-0.15, -0.1) is 0 Å². The second-order valence-corrected chi connectivity index (χ2v) is 16.3. The first-order chi connectivity index (χ1) is 6.10. The second kappa shape index (κ2) is 4.10. The van der Waals surface area contributed by atoms with Crippen LogP contribution in [0, 0.1) is 0 Å². The summed E-state index contributed by atoms with van der Waals surface area (Å²) in [4.78, 5) is 0. The summed E-state index contributed by atoms with van der Waals surface area (Å²) in [6, 6.07) is 0. The fraction of sp³-hybridized carbons (Fsp3) is 1.00. The van der Waals surface area contributed by atoms with E-state index in [9.17, 15) is 3.67 Å². The summed E-state index contributed by atoms with van der Waals surface area (Å²) >= 11 is -3.45. The molecule has 0 bridgehead atoms.